The second-order valence-corrected chi connectivity index (χ2v) is 4.82. The van der Waals surface area contributed by atoms with Gasteiger partial charge in [-0.1, -0.05) is 6.07 Å². The maximum absolute atomic E-state index is 11.2. The molecule has 1 heterocycles. The predicted octanol–water partition coefficient (Wildman–Crippen LogP) is 3.13. The van der Waals surface area contributed by atoms with E-state index in [4.69, 9.17) is 0 Å². The van der Waals surface area contributed by atoms with Crippen LogP contribution in [0.3, 0.4) is 0 Å². The summed E-state index contributed by atoms with van der Waals surface area (Å²) >= 11 is 0. The van der Waals surface area contributed by atoms with Crippen molar-refractivity contribution in [2.75, 3.05) is 0 Å². The highest BCUT2D eigenvalue weighted by atomic mass is 16.1. The number of imidazole rings is 1. The minimum atomic E-state index is 0.638. The Balaban J connectivity index is 2.73. The number of benzene rings is 1. The molecule has 0 amide bonds. The van der Waals surface area contributed by atoms with Crippen LogP contribution in [0.4, 0.5) is 0 Å². The predicted molar refractivity (Wildman–Crippen MR) is 73.0 cm³/mol. The van der Waals surface area contributed by atoms with Crippen molar-refractivity contribution in [1.29, 1.82) is 0 Å². The molecule has 0 spiro atoms. The maximum Gasteiger partial charge on any atom is 0.168 e. The molecule has 0 N–H and O–H groups in total. The quantitative estimate of drug-likeness (QED) is 0.758. The number of rotatable bonds is 2. The second-order valence-electron chi connectivity index (χ2n) is 4.82. The number of aldehydes is 1. The molecule has 0 saturated carbocycles. The second kappa shape index (κ2) is 4.41. The molecule has 0 bridgehead atoms. The van der Waals surface area contributed by atoms with Crippen LogP contribution in [-0.2, 0) is 7.05 Å². The molecule has 0 saturated heterocycles. The fourth-order valence-corrected chi connectivity index (χ4v) is 2.18. The first kappa shape index (κ1) is 12.6. The summed E-state index contributed by atoms with van der Waals surface area (Å²) in [6.45, 7) is 8.14. The molecule has 1 aromatic carbocycles. The van der Waals surface area contributed by atoms with Gasteiger partial charge in [-0.3, -0.25) is 4.79 Å². The summed E-state index contributed by atoms with van der Waals surface area (Å²) in [7, 11) is 1.87. The van der Waals surface area contributed by atoms with Gasteiger partial charge in [0.2, 0.25) is 0 Å². The average Bonchev–Trinajstić information content (AvgIpc) is 2.60. The number of aromatic nitrogens is 2. The van der Waals surface area contributed by atoms with E-state index in [2.05, 4.69) is 37.9 Å². The minimum Gasteiger partial charge on any atom is -0.329 e. The summed E-state index contributed by atoms with van der Waals surface area (Å²) in [5.74, 6) is 0.852. The molecule has 2 aromatic rings. The molecular weight excluding hydrogens is 224 g/mol. The molecule has 0 aliphatic carbocycles. The van der Waals surface area contributed by atoms with E-state index in [-0.39, 0.29) is 0 Å². The molecule has 3 nitrogen and oxygen atoms in total. The lowest BCUT2D eigenvalue weighted by atomic mass is 9.98. The zero-order chi connectivity index (χ0) is 13.4. The van der Waals surface area contributed by atoms with Crippen LogP contribution in [0.25, 0.3) is 11.3 Å². The van der Waals surface area contributed by atoms with Gasteiger partial charge >= 0.3 is 0 Å². The van der Waals surface area contributed by atoms with E-state index in [9.17, 15) is 4.79 Å². The van der Waals surface area contributed by atoms with Gasteiger partial charge in [-0.15, -0.1) is 0 Å². The lowest BCUT2D eigenvalue weighted by Crippen LogP contribution is -1.98. The number of carbonyl (C=O) groups excluding carboxylic acids is 1. The van der Waals surface area contributed by atoms with Gasteiger partial charge in [0.15, 0.2) is 6.29 Å². The molecule has 2 rings (SSSR count). The number of nitrogens with zero attached hydrogens (tertiary/aromatic N) is 2. The van der Waals surface area contributed by atoms with E-state index in [0.717, 1.165) is 28.9 Å². The molecule has 94 valence electrons. The third-order valence-electron chi connectivity index (χ3n) is 3.57. The van der Waals surface area contributed by atoms with E-state index in [0.29, 0.717) is 5.69 Å². The Hall–Kier alpha value is -1.90. The Bertz CT molecular complexity index is 624. The Kier molecular flexibility index (Phi) is 3.07. The van der Waals surface area contributed by atoms with Crippen LogP contribution in [0, 0.1) is 27.7 Å². The SMILES string of the molecule is Cc1cc(C)c(-c2nc(C)n(C)c2C=O)cc1C. The van der Waals surface area contributed by atoms with E-state index < -0.39 is 0 Å². The fourth-order valence-electron chi connectivity index (χ4n) is 2.18. The Morgan fingerprint density at radius 2 is 1.67 bits per heavy atom. The minimum absolute atomic E-state index is 0.638. The lowest BCUT2D eigenvalue weighted by Gasteiger charge is -2.08. The monoisotopic (exact) mass is 242 g/mol. The molecule has 1 aromatic heterocycles. The highest BCUT2D eigenvalue weighted by Crippen LogP contribution is 2.28. The zero-order valence-electron chi connectivity index (χ0n) is 11.5. The highest BCUT2D eigenvalue weighted by Gasteiger charge is 2.15. The van der Waals surface area contributed by atoms with Crippen molar-refractivity contribution in [3.05, 3.63) is 40.3 Å². The number of hydrogen-bond acceptors (Lipinski definition) is 2. The van der Waals surface area contributed by atoms with E-state index in [1.165, 1.54) is 11.1 Å². The molecular formula is C15H18N2O. The van der Waals surface area contributed by atoms with Crippen molar-refractivity contribution >= 4 is 6.29 Å². The van der Waals surface area contributed by atoms with E-state index >= 15 is 0 Å². The molecule has 0 aliphatic heterocycles. The van der Waals surface area contributed by atoms with Crippen molar-refractivity contribution in [2.45, 2.75) is 27.7 Å². The highest BCUT2D eigenvalue weighted by molar-refractivity contribution is 5.85. The van der Waals surface area contributed by atoms with Gasteiger partial charge in [0, 0.05) is 12.6 Å². The normalized spacial score (nSPS) is 10.7. The summed E-state index contributed by atoms with van der Waals surface area (Å²) in [6, 6.07) is 4.25. The number of carbonyl (C=O) groups is 1. The van der Waals surface area contributed by atoms with Crippen molar-refractivity contribution in [3.63, 3.8) is 0 Å². The third-order valence-corrected chi connectivity index (χ3v) is 3.57. The summed E-state index contributed by atoms with van der Waals surface area (Å²) < 4.78 is 1.83. The first-order valence-electron chi connectivity index (χ1n) is 6.02. The van der Waals surface area contributed by atoms with Crippen LogP contribution in [0.2, 0.25) is 0 Å². The van der Waals surface area contributed by atoms with E-state index in [1.54, 1.807) is 0 Å². The Morgan fingerprint density at radius 1 is 1.06 bits per heavy atom. The maximum atomic E-state index is 11.2. The van der Waals surface area contributed by atoms with Gasteiger partial charge in [0.05, 0.1) is 5.69 Å². The topological polar surface area (TPSA) is 34.9 Å². The Morgan fingerprint density at radius 3 is 2.28 bits per heavy atom. The fraction of sp³-hybridized carbons (Fsp3) is 0.333. The van der Waals surface area contributed by atoms with Crippen molar-refractivity contribution in [1.82, 2.24) is 9.55 Å². The molecule has 3 heteroatoms. The lowest BCUT2D eigenvalue weighted by molar-refractivity contribution is 0.111. The third kappa shape index (κ3) is 1.86. The van der Waals surface area contributed by atoms with Gasteiger partial charge in [-0.05, 0) is 50.5 Å². The first-order valence-corrected chi connectivity index (χ1v) is 6.02. The van der Waals surface area contributed by atoms with Crippen LogP contribution < -0.4 is 0 Å². The van der Waals surface area contributed by atoms with Crippen LogP contribution in [0.5, 0.6) is 0 Å². The van der Waals surface area contributed by atoms with Crippen LogP contribution in [0.1, 0.15) is 33.0 Å². The zero-order valence-corrected chi connectivity index (χ0v) is 11.5. The summed E-state index contributed by atoms with van der Waals surface area (Å²) in [6.07, 6.45) is 0.879. The van der Waals surface area contributed by atoms with Gasteiger partial charge in [-0.25, -0.2) is 4.98 Å². The Labute approximate surface area is 107 Å². The molecule has 0 radical (unpaired) electrons. The molecule has 0 unspecified atom stereocenters. The first-order chi connectivity index (χ1) is 8.45. The number of hydrogen-bond donors (Lipinski definition) is 0. The molecule has 0 fully saturated rings. The van der Waals surface area contributed by atoms with Gasteiger partial charge in [0.1, 0.15) is 11.5 Å². The summed E-state index contributed by atoms with van der Waals surface area (Å²) in [4.78, 5) is 15.8. The number of aryl methyl sites for hydroxylation is 4. The molecule has 0 aliphatic rings. The standard InChI is InChI=1S/C15H18N2O/c1-9-6-11(3)13(7-10(9)2)15-14(8-18)17(5)12(4)16-15/h6-8H,1-5H3. The van der Waals surface area contributed by atoms with Crippen molar-refractivity contribution in [3.8, 4) is 11.3 Å². The molecule has 18 heavy (non-hydrogen) atoms. The largest absolute Gasteiger partial charge is 0.329 e. The summed E-state index contributed by atoms with van der Waals surface area (Å²) in [5, 5.41) is 0. The smallest absolute Gasteiger partial charge is 0.168 e. The van der Waals surface area contributed by atoms with Crippen molar-refractivity contribution in [2.24, 2.45) is 7.05 Å². The van der Waals surface area contributed by atoms with Crippen LogP contribution in [-0.4, -0.2) is 15.8 Å². The van der Waals surface area contributed by atoms with E-state index in [1.807, 2.05) is 18.5 Å². The van der Waals surface area contributed by atoms with Crippen molar-refractivity contribution < 1.29 is 4.79 Å². The van der Waals surface area contributed by atoms with Gasteiger partial charge in [-0.2, -0.15) is 0 Å². The summed E-state index contributed by atoms with van der Waals surface area (Å²) in [5.41, 5.74) is 6.10. The van der Waals surface area contributed by atoms with Crippen LogP contribution >= 0.6 is 0 Å². The van der Waals surface area contributed by atoms with Crippen LogP contribution in [0.15, 0.2) is 12.1 Å². The van der Waals surface area contributed by atoms with Gasteiger partial charge < -0.3 is 4.57 Å². The molecule has 0 atom stereocenters. The average molecular weight is 242 g/mol. The van der Waals surface area contributed by atoms with Gasteiger partial charge in [0.25, 0.3) is 0 Å².